The van der Waals surface area contributed by atoms with Gasteiger partial charge in [-0.3, -0.25) is 14.4 Å². The Morgan fingerprint density at radius 3 is 2.21 bits per heavy atom. The van der Waals surface area contributed by atoms with Crippen molar-refractivity contribution in [3.05, 3.63) is 68.1 Å². The molecule has 3 rings (SSSR count). The van der Waals surface area contributed by atoms with E-state index in [1.54, 1.807) is 17.3 Å². The van der Waals surface area contributed by atoms with E-state index in [2.05, 4.69) is 22.2 Å². The highest BCUT2D eigenvalue weighted by Gasteiger charge is 2.31. The minimum Gasteiger partial charge on any atom is -0.476 e. The first kappa shape index (κ1) is 33.9. The largest absolute Gasteiger partial charge is 0.476 e. The highest BCUT2D eigenvalue weighted by atomic mass is 32.1. The Balaban J connectivity index is 1.83. The molecule has 0 bridgehead atoms. The monoisotopic (exact) mass is 628 g/mol. The molecule has 2 aromatic heterocycles. The van der Waals surface area contributed by atoms with Crippen LogP contribution in [0.4, 0.5) is 0 Å². The van der Waals surface area contributed by atoms with Crippen molar-refractivity contribution in [3.8, 4) is 0 Å². The lowest BCUT2D eigenvalue weighted by atomic mass is 9.95. The summed E-state index contributed by atoms with van der Waals surface area (Å²) in [5.41, 5.74) is 1.01. The molecule has 0 saturated heterocycles. The van der Waals surface area contributed by atoms with Gasteiger partial charge in [-0.05, 0) is 23.8 Å². The van der Waals surface area contributed by atoms with Gasteiger partial charge in [-0.2, -0.15) is 0 Å². The molecule has 0 aliphatic heterocycles. The number of aromatic carboxylic acids is 1. The Bertz CT molecular complexity index is 1390. The topological polar surface area (TPSA) is 139 Å². The number of amides is 2. The summed E-state index contributed by atoms with van der Waals surface area (Å²) in [7, 11) is 1.78. The minimum absolute atomic E-state index is 0.0338. The molecule has 0 fully saturated rings. The second-order valence-electron chi connectivity index (χ2n) is 11.0. The number of nitrogens with zero attached hydrogens (tertiary/aromatic N) is 3. The Hall–Kier alpha value is -3.64. The van der Waals surface area contributed by atoms with Gasteiger partial charge in [-0.15, -0.1) is 22.7 Å². The molecular formula is C31H40N4O6S2. The smallest absolute Gasteiger partial charge is 0.355 e. The van der Waals surface area contributed by atoms with Gasteiger partial charge >= 0.3 is 11.9 Å². The summed E-state index contributed by atoms with van der Waals surface area (Å²) in [6, 6.07) is 8.71. The van der Waals surface area contributed by atoms with Gasteiger partial charge in [0, 0.05) is 43.6 Å². The van der Waals surface area contributed by atoms with Gasteiger partial charge in [0.05, 0.1) is 6.04 Å². The molecule has 2 N–H and O–H groups in total. The van der Waals surface area contributed by atoms with Crippen LogP contribution in [0.25, 0.3) is 0 Å². The number of carboxylic acids is 1. The molecule has 3 aromatic rings. The van der Waals surface area contributed by atoms with Crippen molar-refractivity contribution in [2.45, 2.75) is 78.5 Å². The molecule has 0 spiro atoms. The molecule has 10 nitrogen and oxygen atoms in total. The average Bonchev–Trinajstić information content (AvgIpc) is 3.66. The van der Waals surface area contributed by atoms with Gasteiger partial charge in [0.2, 0.25) is 5.91 Å². The molecule has 0 radical (unpaired) electrons. The van der Waals surface area contributed by atoms with Crippen LogP contribution in [0, 0.1) is 11.8 Å². The lowest BCUT2D eigenvalue weighted by Crippen LogP contribution is -2.42. The highest BCUT2D eigenvalue weighted by Crippen LogP contribution is 2.31. The molecular weight excluding hydrogens is 588 g/mol. The number of hydrogen-bond acceptors (Lipinski definition) is 9. The number of rotatable bonds is 15. The van der Waals surface area contributed by atoms with Crippen molar-refractivity contribution in [2.75, 3.05) is 7.05 Å². The predicted molar refractivity (Wildman–Crippen MR) is 166 cm³/mol. The van der Waals surface area contributed by atoms with E-state index in [0.717, 1.165) is 23.3 Å². The number of benzene rings is 1. The fourth-order valence-electron chi connectivity index (χ4n) is 4.64. The van der Waals surface area contributed by atoms with Crippen LogP contribution in [0.1, 0.15) is 103 Å². The van der Waals surface area contributed by atoms with Gasteiger partial charge in [-0.1, -0.05) is 64.4 Å². The maximum Gasteiger partial charge on any atom is 0.355 e. The summed E-state index contributed by atoms with van der Waals surface area (Å²) in [5.74, 6) is -1.70. The first-order valence-corrected chi connectivity index (χ1v) is 16.1. The zero-order valence-corrected chi connectivity index (χ0v) is 27.0. The van der Waals surface area contributed by atoms with Crippen LogP contribution in [0.15, 0.2) is 41.1 Å². The number of carboxylic acid groups (broad SMARTS) is 1. The van der Waals surface area contributed by atoms with Crippen LogP contribution >= 0.6 is 22.7 Å². The van der Waals surface area contributed by atoms with Crippen LogP contribution in [-0.4, -0.2) is 56.8 Å². The normalized spacial score (nSPS) is 14.0. The molecule has 1 unspecified atom stereocenters. The lowest BCUT2D eigenvalue weighted by molar-refractivity contribution is -0.148. The summed E-state index contributed by atoms with van der Waals surface area (Å²) < 4.78 is 5.67. The fourth-order valence-corrected chi connectivity index (χ4v) is 6.32. The van der Waals surface area contributed by atoms with Crippen molar-refractivity contribution in [1.82, 2.24) is 20.2 Å². The van der Waals surface area contributed by atoms with E-state index in [9.17, 15) is 24.3 Å². The van der Waals surface area contributed by atoms with Crippen molar-refractivity contribution in [3.63, 3.8) is 0 Å². The summed E-state index contributed by atoms with van der Waals surface area (Å²) in [5, 5.41) is 16.3. The Morgan fingerprint density at radius 1 is 1.00 bits per heavy atom. The van der Waals surface area contributed by atoms with Crippen molar-refractivity contribution < 1.29 is 29.0 Å². The quantitative estimate of drug-likeness (QED) is 0.198. The Kier molecular flexibility index (Phi) is 12.4. The van der Waals surface area contributed by atoms with Gasteiger partial charge in [0.25, 0.3) is 5.91 Å². The van der Waals surface area contributed by atoms with E-state index in [1.165, 1.54) is 23.6 Å². The molecule has 2 amide bonds. The summed E-state index contributed by atoms with van der Waals surface area (Å²) in [4.78, 5) is 60.4. The number of esters is 1. The second kappa shape index (κ2) is 15.7. The molecule has 0 aliphatic rings. The van der Waals surface area contributed by atoms with Gasteiger partial charge in [0.15, 0.2) is 11.8 Å². The third-order valence-corrected chi connectivity index (χ3v) is 9.20. The van der Waals surface area contributed by atoms with Crippen LogP contribution in [-0.2, 0) is 20.7 Å². The summed E-state index contributed by atoms with van der Waals surface area (Å²) in [6.07, 6.45) is 1.34. The fraction of sp³-hybridized carbons (Fsp3) is 0.484. The van der Waals surface area contributed by atoms with Gasteiger partial charge < -0.3 is 20.1 Å². The van der Waals surface area contributed by atoms with Crippen LogP contribution in [0.3, 0.4) is 0 Å². The SMILES string of the molecule is CC[C@H](C)CC(=O)N(C)[C@H](C[C@@H](OC(C)=O)c1nc(C(=O)NC(Cc2ccccc2)c2nc(C(=O)O)cs2)cs1)C(C)C. The van der Waals surface area contributed by atoms with Crippen LogP contribution in [0.2, 0.25) is 0 Å². The zero-order chi connectivity index (χ0) is 31.7. The molecule has 43 heavy (non-hydrogen) atoms. The van der Waals surface area contributed by atoms with E-state index in [4.69, 9.17) is 4.74 Å². The minimum atomic E-state index is -1.14. The lowest BCUT2D eigenvalue weighted by Gasteiger charge is -2.34. The maximum atomic E-state index is 13.4. The third kappa shape index (κ3) is 9.69. The molecule has 2 heterocycles. The van der Waals surface area contributed by atoms with E-state index < -0.39 is 30.0 Å². The molecule has 12 heteroatoms. The summed E-state index contributed by atoms with van der Waals surface area (Å²) >= 11 is 2.37. The number of hydrogen-bond donors (Lipinski definition) is 2. The molecule has 0 aliphatic carbocycles. The van der Waals surface area contributed by atoms with E-state index in [0.29, 0.717) is 29.3 Å². The van der Waals surface area contributed by atoms with Crippen LogP contribution < -0.4 is 5.32 Å². The second-order valence-corrected chi connectivity index (χ2v) is 12.8. The van der Waals surface area contributed by atoms with Crippen molar-refractivity contribution in [2.24, 2.45) is 11.8 Å². The predicted octanol–water partition coefficient (Wildman–Crippen LogP) is 5.93. The number of thiazole rings is 2. The molecule has 4 atom stereocenters. The Labute approximate surface area is 260 Å². The summed E-state index contributed by atoms with van der Waals surface area (Å²) in [6.45, 7) is 9.46. The number of nitrogens with one attached hydrogen (secondary N) is 1. The van der Waals surface area contributed by atoms with E-state index in [1.807, 2.05) is 51.1 Å². The van der Waals surface area contributed by atoms with Crippen molar-refractivity contribution in [1.29, 1.82) is 0 Å². The standard InChI is InChI=1S/C31H40N4O6S2/c1-7-19(4)13-27(37)35(6)25(18(2)3)15-26(41-20(5)36)30-33-23(16-43-30)28(38)32-22(14-21-11-9-8-10-12-21)29-34-24(17-42-29)31(39)40/h8-12,16-19,22,25-26H,7,13-15H2,1-6H3,(H,32,38)(H,39,40)/t19-,22?,25+,26+/m0/s1. The zero-order valence-electron chi connectivity index (χ0n) is 25.4. The maximum absolute atomic E-state index is 13.4. The number of carbonyl (C=O) groups is 4. The molecule has 0 saturated carbocycles. The highest BCUT2D eigenvalue weighted by molar-refractivity contribution is 7.10. The number of aromatic nitrogens is 2. The van der Waals surface area contributed by atoms with Gasteiger partial charge in [0.1, 0.15) is 15.7 Å². The van der Waals surface area contributed by atoms with E-state index >= 15 is 0 Å². The number of ether oxygens (including phenoxy) is 1. The average molecular weight is 629 g/mol. The molecule has 232 valence electrons. The Morgan fingerprint density at radius 2 is 1.63 bits per heavy atom. The first-order valence-electron chi connectivity index (χ1n) is 14.3. The first-order chi connectivity index (χ1) is 20.4. The van der Waals surface area contributed by atoms with Crippen LogP contribution in [0.5, 0.6) is 0 Å². The van der Waals surface area contributed by atoms with E-state index in [-0.39, 0.29) is 35.2 Å². The number of carbonyl (C=O) groups excluding carboxylic acids is 3. The third-order valence-electron chi connectivity index (χ3n) is 7.30. The van der Waals surface area contributed by atoms with Crippen molar-refractivity contribution >= 4 is 46.4 Å². The molecule has 1 aromatic carbocycles. The van der Waals surface area contributed by atoms with Gasteiger partial charge in [-0.25, -0.2) is 14.8 Å².